The Morgan fingerprint density at radius 2 is 2.15 bits per heavy atom. The second kappa shape index (κ2) is 5.94. The van der Waals surface area contributed by atoms with Gasteiger partial charge in [0.1, 0.15) is 5.25 Å². The first kappa shape index (κ1) is 15.0. The third kappa shape index (κ3) is 3.19. The van der Waals surface area contributed by atoms with Crippen molar-refractivity contribution in [2.24, 2.45) is 0 Å². The molecule has 1 atom stereocenters. The number of sulfone groups is 1. The van der Waals surface area contributed by atoms with Crippen LogP contribution < -0.4 is 5.32 Å². The van der Waals surface area contributed by atoms with E-state index in [1.807, 2.05) is 6.07 Å². The van der Waals surface area contributed by atoms with Crippen molar-refractivity contribution < 1.29 is 13.2 Å². The Kier molecular flexibility index (Phi) is 4.45. The summed E-state index contributed by atoms with van der Waals surface area (Å²) in [6.45, 7) is 0. The number of amides is 1. The molecule has 0 radical (unpaired) electrons. The number of rotatable bonds is 2. The highest BCUT2D eigenvalue weighted by atomic mass is 79.9. The normalized spacial score (nSPS) is 20.9. The van der Waals surface area contributed by atoms with Gasteiger partial charge in [-0.3, -0.25) is 4.79 Å². The lowest BCUT2D eigenvalue weighted by molar-refractivity contribution is -0.116. The molecule has 1 N–H and O–H groups in total. The van der Waals surface area contributed by atoms with E-state index < -0.39 is 21.0 Å². The lowest BCUT2D eigenvalue weighted by Gasteiger charge is -2.21. The number of nitrogens with zero attached hydrogens (tertiary/aromatic N) is 1. The fraction of sp³-hybridized carbons (Fsp3) is 0.385. The highest BCUT2D eigenvalue weighted by Crippen LogP contribution is 2.26. The van der Waals surface area contributed by atoms with E-state index in [-0.39, 0.29) is 5.75 Å². The standard InChI is InChI=1S/C13H13BrN2O3S/c14-10-7-9(8-15)4-5-11(10)16-13(17)12-3-1-2-6-20(12,18)19/h4-5,7,12H,1-3,6H2,(H,16,17). The van der Waals surface area contributed by atoms with Gasteiger partial charge < -0.3 is 5.32 Å². The molecule has 1 heterocycles. The molecule has 1 aliphatic rings. The van der Waals surface area contributed by atoms with Gasteiger partial charge >= 0.3 is 0 Å². The number of hydrogen-bond donors (Lipinski definition) is 1. The summed E-state index contributed by atoms with van der Waals surface area (Å²) in [4.78, 5) is 12.1. The largest absolute Gasteiger partial charge is 0.324 e. The Bertz CT molecular complexity index is 679. The lowest BCUT2D eigenvalue weighted by atomic mass is 10.1. The lowest BCUT2D eigenvalue weighted by Crippen LogP contribution is -2.39. The monoisotopic (exact) mass is 356 g/mol. The first-order chi connectivity index (χ1) is 9.44. The van der Waals surface area contributed by atoms with Gasteiger partial charge in [0.2, 0.25) is 5.91 Å². The fourth-order valence-corrected chi connectivity index (χ4v) is 4.43. The van der Waals surface area contributed by atoms with Crippen LogP contribution in [0.1, 0.15) is 24.8 Å². The number of carbonyl (C=O) groups is 1. The minimum atomic E-state index is -3.35. The van der Waals surface area contributed by atoms with E-state index in [9.17, 15) is 13.2 Å². The minimum absolute atomic E-state index is 0.0691. The first-order valence-corrected chi connectivity index (χ1v) is 8.67. The number of carbonyl (C=O) groups excluding carboxylic acids is 1. The number of nitrogens with one attached hydrogen (secondary N) is 1. The van der Waals surface area contributed by atoms with E-state index in [0.717, 1.165) is 6.42 Å². The maximum Gasteiger partial charge on any atom is 0.242 e. The van der Waals surface area contributed by atoms with Crippen LogP contribution in [0.3, 0.4) is 0 Å². The van der Waals surface area contributed by atoms with Gasteiger partial charge in [-0.25, -0.2) is 8.42 Å². The molecule has 0 spiro atoms. The number of benzene rings is 1. The molecular weight excluding hydrogens is 344 g/mol. The van der Waals surface area contributed by atoms with Crippen LogP contribution in [-0.4, -0.2) is 25.3 Å². The Morgan fingerprint density at radius 3 is 2.75 bits per heavy atom. The van der Waals surface area contributed by atoms with Crippen LogP contribution in [0.5, 0.6) is 0 Å². The molecule has 1 aliphatic heterocycles. The Labute approximate surface area is 126 Å². The van der Waals surface area contributed by atoms with Gasteiger partial charge in [0.25, 0.3) is 0 Å². The van der Waals surface area contributed by atoms with E-state index >= 15 is 0 Å². The van der Waals surface area contributed by atoms with Gasteiger partial charge in [-0.1, -0.05) is 6.42 Å². The van der Waals surface area contributed by atoms with E-state index in [4.69, 9.17) is 5.26 Å². The predicted molar refractivity (Wildman–Crippen MR) is 78.9 cm³/mol. The van der Waals surface area contributed by atoms with Crippen molar-refractivity contribution in [3.05, 3.63) is 28.2 Å². The quantitative estimate of drug-likeness (QED) is 0.879. The summed E-state index contributed by atoms with van der Waals surface area (Å²) in [5.74, 6) is -0.435. The number of nitriles is 1. The maximum atomic E-state index is 12.1. The molecule has 2 rings (SSSR count). The third-order valence-electron chi connectivity index (χ3n) is 3.23. The average Bonchev–Trinajstić information content (AvgIpc) is 2.40. The van der Waals surface area contributed by atoms with Crippen molar-refractivity contribution in [3.8, 4) is 6.07 Å². The maximum absolute atomic E-state index is 12.1. The van der Waals surface area contributed by atoms with E-state index in [1.54, 1.807) is 18.2 Å². The zero-order valence-electron chi connectivity index (χ0n) is 10.6. The predicted octanol–water partition coefficient (Wildman–Crippen LogP) is 2.23. The first-order valence-electron chi connectivity index (χ1n) is 6.16. The van der Waals surface area contributed by atoms with Crippen LogP contribution in [-0.2, 0) is 14.6 Å². The summed E-state index contributed by atoms with van der Waals surface area (Å²) >= 11 is 3.25. The van der Waals surface area contributed by atoms with E-state index in [1.165, 1.54) is 0 Å². The topological polar surface area (TPSA) is 87.0 Å². The van der Waals surface area contributed by atoms with Gasteiger partial charge in [-0.2, -0.15) is 5.26 Å². The highest BCUT2D eigenvalue weighted by Gasteiger charge is 2.34. The van der Waals surface area contributed by atoms with Crippen LogP contribution in [0.2, 0.25) is 0 Å². The van der Waals surface area contributed by atoms with Crippen LogP contribution in [0.15, 0.2) is 22.7 Å². The molecule has 0 aliphatic carbocycles. The Balaban J connectivity index is 2.18. The van der Waals surface area contributed by atoms with Gasteiger partial charge in [-0.15, -0.1) is 0 Å². The molecule has 0 aromatic heterocycles. The van der Waals surface area contributed by atoms with Crippen molar-refractivity contribution in [2.75, 3.05) is 11.1 Å². The van der Waals surface area contributed by atoms with Crippen molar-refractivity contribution >= 4 is 37.4 Å². The van der Waals surface area contributed by atoms with Crippen molar-refractivity contribution in [1.82, 2.24) is 0 Å². The molecule has 1 aromatic carbocycles. The molecule has 5 nitrogen and oxygen atoms in total. The van der Waals surface area contributed by atoms with Gasteiger partial charge in [0.15, 0.2) is 9.84 Å². The Hall–Kier alpha value is -1.39. The van der Waals surface area contributed by atoms with E-state index in [0.29, 0.717) is 28.6 Å². The molecule has 1 unspecified atom stereocenters. The zero-order valence-corrected chi connectivity index (χ0v) is 13.0. The molecule has 1 saturated heterocycles. The van der Waals surface area contributed by atoms with Gasteiger partial charge in [0.05, 0.1) is 23.1 Å². The highest BCUT2D eigenvalue weighted by molar-refractivity contribution is 9.10. The third-order valence-corrected chi connectivity index (χ3v) is 6.06. The molecule has 20 heavy (non-hydrogen) atoms. The van der Waals surface area contributed by atoms with Crippen LogP contribution >= 0.6 is 15.9 Å². The average molecular weight is 357 g/mol. The SMILES string of the molecule is N#Cc1ccc(NC(=O)C2CCCCS2(=O)=O)c(Br)c1. The zero-order chi connectivity index (χ0) is 14.8. The molecule has 7 heteroatoms. The van der Waals surface area contributed by atoms with Crippen molar-refractivity contribution in [1.29, 1.82) is 5.26 Å². The summed E-state index contributed by atoms with van der Waals surface area (Å²) in [6, 6.07) is 6.71. The summed E-state index contributed by atoms with van der Waals surface area (Å²) in [7, 11) is -3.35. The molecule has 1 fully saturated rings. The molecule has 1 amide bonds. The number of hydrogen-bond acceptors (Lipinski definition) is 4. The molecule has 0 saturated carbocycles. The van der Waals surface area contributed by atoms with Crippen molar-refractivity contribution in [2.45, 2.75) is 24.5 Å². The number of halogens is 1. The summed E-state index contributed by atoms with van der Waals surface area (Å²) < 4.78 is 24.3. The second-order valence-electron chi connectivity index (χ2n) is 4.65. The summed E-state index contributed by atoms with van der Waals surface area (Å²) in [5, 5.41) is 10.4. The second-order valence-corrected chi connectivity index (χ2v) is 7.80. The van der Waals surface area contributed by atoms with Gasteiger partial charge in [0, 0.05) is 4.47 Å². The van der Waals surface area contributed by atoms with Gasteiger partial charge in [-0.05, 0) is 47.0 Å². The fourth-order valence-electron chi connectivity index (χ4n) is 2.15. The minimum Gasteiger partial charge on any atom is -0.324 e. The molecule has 0 bridgehead atoms. The van der Waals surface area contributed by atoms with E-state index in [2.05, 4.69) is 21.2 Å². The van der Waals surface area contributed by atoms with Crippen LogP contribution in [0.4, 0.5) is 5.69 Å². The smallest absolute Gasteiger partial charge is 0.242 e. The summed E-state index contributed by atoms with van der Waals surface area (Å²) in [5.41, 5.74) is 0.926. The molecule has 106 valence electrons. The molecule has 1 aromatic rings. The summed E-state index contributed by atoms with van der Waals surface area (Å²) in [6.07, 6.45) is 1.72. The number of anilines is 1. The molecular formula is C13H13BrN2O3S. The van der Waals surface area contributed by atoms with Crippen LogP contribution in [0.25, 0.3) is 0 Å². The van der Waals surface area contributed by atoms with Crippen molar-refractivity contribution in [3.63, 3.8) is 0 Å². The van der Waals surface area contributed by atoms with Crippen LogP contribution in [0, 0.1) is 11.3 Å². The Morgan fingerprint density at radius 1 is 1.40 bits per heavy atom.